The van der Waals surface area contributed by atoms with Crippen LogP contribution in [0.1, 0.15) is 41.6 Å². The van der Waals surface area contributed by atoms with Crippen LogP contribution in [0.25, 0.3) is 0 Å². The lowest BCUT2D eigenvalue weighted by Crippen LogP contribution is -2.50. The molecule has 1 aliphatic heterocycles. The number of hydrogen-bond donors (Lipinski definition) is 2. The summed E-state index contributed by atoms with van der Waals surface area (Å²) in [6, 6.07) is 8.44. The van der Waals surface area contributed by atoms with Gasteiger partial charge < -0.3 is 20.3 Å². The monoisotopic (exact) mass is 504 g/mol. The van der Waals surface area contributed by atoms with E-state index in [1.165, 1.54) is 6.20 Å². The van der Waals surface area contributed by atoms with Crippen LogP contribution in [-0.4, -0.2) is 59.4 Å². The van der Waals surface area contributed by atoms with Gasteiger partial charge >= 0.3 is 0 Å². The van der Waals surface area contributed by atoms with Gasteiger partial charge in [0.25, 0.3) is 5.91 Å². The molecular weight excluding hydrogens is 479 g/mol. The van der Waals surface area contributed by atoms with Crippen LogP contribution < -0.4 is 10.6 Å². The molecule has 10 heteroatoms. The fraction of sp³-hybridized carbons (Fsp3) is 0.417. The molecule has 0 radical (unpaired) electrons. The number of aromatic nitrogens is 1. The highest BCUT2D eigenvalue weighted by Crippen LogP contribution is 2.26. The number of carbonyl (C=O) groups is 3. The predicted octanol–water partition coefficient (Wildman–Crippen LogP) is 3.47. The van der Waals surface area contributed by atoms with Crippen molar-refractivity contribution in [1.29, 1.82) is 0 Å². The Morgan fingerprint density at radius 1 is 1.12 bits per heavy atom. The number of halogens is 2. The molecule has 2 fully saturated rings. The largest absolute Gasteiger partial charge is 0.370 e. The van der Waals surface area contributed by atoms with Gasteiger partial charge in [0.2, 0.25) is 11.8 Å². The smallest absolute Gasteiger partial charge is 0.251 e. The number of nitrogens with one attached hydrogen (secondary N) is 2. The molecule has 0 unspecified atom stereocenters. The van der Waals surface area contributed by atoms with E-state index >= 15 is 0 Å². The van der Waals surface area contributed by atoms with Gasteiger partial charge in [-0.1, -0.05) is 29.3 Å². The summed E-state index contributed by atoms with van der Waals surface area (Å²) in [6.07, 6.45) is 4.58. The van der Waals surface area contributed by atoms with Crippen LogP contribution in [-0.2, 0) is 20.7 Å². The lowest BCUT2D eigenvalue weighted by Gasteiger charge is -2.38. The number of nitrogens with zero attached hydrogens (tertiary/aromatic N) is 2. The number of morpholine rings is 1. The van der Waals surface area contributed by atoms with Crippen LogP contribution in [0.5, 0.6) is 0 Å². The maximum Gasteiger partial charge on any atom is 0.251 e. The van der Waals surface area contributed by atoms with Crippen molar-refractivity contribution in [2.24, 2.45) is 0 Å². The van der Waals surface area contributed by atoms with Crippen molar-refractivity contribution >= 4 is 46.7 Å². The van der Waals surface area contributed by atoms with Gasteiger partial charge in [-0.25, -0.2) is 4.98 Å². The Balaban J connectivity index is 1.36. The van der Waals surface area contributed by atoms with Gasteiger partial charge in [-0.05, 0) is 55.5 Å². The Morgan fingerprint density at radius 3 is 2.62 bits per heavy atom. The van der Waals surface area contributed by atoms with Crippen molar-refractivity contribution in [3.8, 4) is 0 Å². The Bertz CT molecular complexity index is 1060. The van der Waals surface area contributed by atoms with Gasteiger partial charge in [0.15, 0.2) is 0 Å². The summed E-state index contributed by atoms with van der Waals surface area (Å²) in [4.78, 5) is 43.7. The second kappa shape index (κ2) is 11.2. The van der Waals surface area contributed by atoms with E-state index in [2.05, 4.69) is 15.6 Å². The van der Waals surface area contributed by atoms with Gasteiger partial charge in [0.1, 0.15) is 12.4 Å². The first kappa shape index (κ1) is 24.4. The summed E-state index contributed by atoms with van der Waals surface area (Å²) >= 11 is 12.2. The number of rotatable bonds is 6. The van der Waals surface area contributed by atoms with E-state index in [1.807, 2.05) is 4.90 Å². The normalized spacial score (nSPS) is 20.6. The second-order valence-corrected chi connectivity index (χ2v) is 9.31. The molecule has 1 aliphatic carbocycles. The number of carbonyl (C=O) groups excluding carboxylic acids is 3. The maximum absolute atomic E-state index is 13.1. The number of amides is 3. The minimum absolute atomic E-state index is 0.00109. The molecule has 2 heterocycles. The standard InChI is InChI=1S/C24H26Cl2N4O4/c25-15-4-9-21(27-13-15)29-22(31)12-19-18(2-1-3-20(19)26)24(33)28-16-5-7-17(8-6-16)30-10-11-34-14-23(30)32/h1-4,9,13,16-17H,5-8,10-12,14H2,(H,28,33)(H,27,29,31). The average Bonchev–Trinajstić information content (AvgIpc) is 2.83. The molecule has 1 saturated carbocycles. The van der Waals surface area contributed by atoms with E-state index in [1.54, 1.807) is 30.3 Å². The zero-order valence-corrected chi connectivity index (χ0v) is 20.1. The number of benzene rings is 1. The van der Waals surface area contributed by atoms with Crippen molar-refractivity contribution in [3.05, 3.63) is 57.7 Å². The zero-order valence-electron chi connectivity index (χ0n) is 18.6. The predicted molar refractivity (Wildman–Crippen MR) is 129 cm³/mol. The summed E-state index contributed by atoms with van der Waals surface area (Å²) in [6.45, 7) is 1.34. The summed E-state index contributed by atoms with van der Waals surface area (Å²) in [5.41, 5.74) is 0.831. The fourth-order valence-corrected chi connectivity index (χ4v) is 4.81. The average molecular weight is 505 g/mol. The molecule has 2 aliphatic rings. The van der Waals surface area contributed by atoms with E-state index in [0.717, 1.165) is 25.7 Å². The molecule has 0 spiro atoms. The third-order valence-electron chi connectivity index (χ3n) is 6.19. The van der Waals surface area contributed by atoms with E-state index in [4.69, 9.17) is 27.9 Å². The van der Waals surface area contributed by atoms with Crippen LogP contribution in [0.15, 0.2) is 36.5 Å². The minimum atomic E-state index is -0.340. The third-order valence-corrected chi connectivity index (χ3v) is 6.77. The molecule has 4 rings (SSSR count). The Labute approximate surface area is 208 Å². The van der Waals surface area contributed by atoms with Gasteiger partial charge in [0.05, 0.1) is 18.1 Å². The fourth-order valence-electron chi connectivity index (χ4n) is 4.46. The minimum Gasteiger partial charge on any atom is -0.370 e. The molecule has 1 saturated heterocycles. The van der Waals surface area contributed by atoms with Crippen LogP contribution in [0, 0.1) is 0 Å². The van der Waals surface area contributed by atoms with Gasteiger partial charge in [-0.15, -0.1) is 0 Å². The van der Waals surface area contributed by atoms with E-state index < -0.39 is 0 Å². The highest BCUT2D eigenvalue weighted by molar-refractivity contribution is 6.32. The highest BCUT2D eigenvalue weighted by atomic mass is 35.5. The molecule has 2 aromatic rings. The zero-order chi connectivity index (χ0) is 24.1. The molecule has 1 aromatic heterocycles. The Morgan fingerprint density at radius 2 is 1.91 bits per heavy atom. The molecule has 3 amide bonds. The highest BCUT2D eigenvalue weighted by Gasteiger charge is 2.31. The summed E-state index contributed by atoms with van der Waals surface area (Å²) in [7, 11) is 0. The summed E-state index contributed by atoms with van der Waals surface area (Å²) in [5.74, 6) is -0.203. The Hall–Kier alpha value is -2.68. The van der Waals surface area contributed by atoms with Crippen molar-refractivity contribution in [3.63, 3.8) is 0 Å². The van der Waals surface area contributed by atoms with Crippen LogP contribution >= 0.6 is 23.2 Å². The molecule has 180 valence electrons. The lowest BCUT2D eigenvalue weighted by molar-refractivity contribution is -0.146. The summed E-state index contributed by atoms with van der Waals surface area (Å²) < 4.78 is 5.22. The van der Waals surface area contributed by atoms with Gasteiger partial charge in [-0.2, -0.15) is 0 Å². The first-order valence-corrected chi connectivity index (χ1v) is 12.0. The third kappa shape index (κ3) is 6.05. The van der Waals surface area contributed by atoms with Crippen molar-refractivity contribution in [1.82, 2.24) is 15.2 Å². The van der Waals surface area contributed by atoms with Crippen molar-refractivity contribution in [2.75, 3.05) is 25.1 Å². The molecule has 2 N–H and O–H groups in total. The van der Waals surface area contributed by atoms with Crippen molar-refractivity contribution in [2.45, 2.75) is 44.2 Å². The topological polar surface area (TPSA) is 101 Å². The van der Waals surface area contributed by atoms with Crippen molar-refractivity contribution < 1.29 is 19.1 Å². The lowest BCUT2D eigenvalue weighted by atomic mass is 9.89. The molecule has 0 bridgehead atoms. The van der Waals surface area contributed by atoms with E-state index in [9.17, 15) is 14.4 Å². The molecule has 8 nitrogen and oxygen atoms in total. The first-order valence-electron chi connectivity index (χ1n) is 11.3. The Kier molecular flexibility index (Phi) is 8.03. The molecule has 34 heavy (non-hydrogen) atoms. The maximum atomic E-state index is 13.1. The quantitative estimate of drug-likeness (QED) is 0.627. The molecular formula is C24H26Cl2N4O4. The van der Waals surface area contributed by atoms with Crippen LogP contribution in [0.2, 0.25) is 10.0 Å². The second-order valence-electron chi connectivity index (χ2n) is 8.47. The summed E-state index contributed by atoms with van der Waals surface area (Å²) in [5, 5.41) is 6.59. The van der Waals surface area contributed by atoms with Gasteiger partial charge in [0, 0.05) is 35.4 Å². The van der Waals surface area contributed by atoms with Gasteiger partial charge in [-0.3, -0.25) is 14.4 Å². The van der Waals surface area contributed by atoms with E-state index in [-0.39, 0.29) is 42.8 Å². The number of anilines is 1. The van der Waals surface area contributed by atoms with Crippen LogP contribution in [0.3, 0.4) is 0 Å². The molecule has 1 aromatic carbocycles. The number of ether oxygens (including phenoxy) is 1. The SMILES string of the molecule is O=C(Cc1c(Cl)cccc1C(=O)NC1CCC(N2CCOCC2=O)CC1)Nc1ccc(Cl)cn1. The van der Waals surface area contributed by atoms with Crippen LogP contribution in [0.4, 0.5) is 5.82 Å². The molecule has 0 atom stereocenters. The number of pyridine rings is 1. The van der Waals surface area contributed by atoms with E-state index in [0.29, 0.717) is 40.1 Å². The number of hydrogen-bond acceptors (Lipinski definition) is 5. The first-order chi connectivity index (χ1) is 16.4.